The molecule has 0 saturated carbocycles. The quantitative estimate of drug-likeness (QED) is 0.0432. The Morgan fingerprint density at radius 2 is 1.01 bits per heavy atom. The number of alkyl halides is 6. The van der Waals surface area contributed by atoms with Gasteiger partial charge in [0.2, 0.25) is 11.8 Å². The predicted octanol–water partition coefficient (Wildman–Crippen LogP) is 11.2. The van der Waals surface area contributed by atoms with E-state index in [9.17, 15) is 45.5 Å². The first kappa shape index (κ1) is 55.0. The van der Waals surface area contributed by atoms with Gasteiger partial charge in [-0.25, -0.2) is 0 Å². The van der Waals surface area contributed by atoms with E-state index in [2.05, 4.69) is 10.6 Å². The molecule has 12 nitrogen and oxygen atoms in total. The minimum Gasteiger partial charge on any atom is -0.488 e. The zero-order chi connectivity index (χ0) is 53.2. The second kappa shape index (κ2) is 24.1. The van der Waals surface area contributed by atoms with Crippen LogP contribution in [0.3, 0.4) is 0 Å². The number of amides is 2. The molecule has 0 radical (unpaired) electrons. The van der Waals surface area contributed by atoms with Gasteiger partial charge >= 0.3 is 24.3 Å². The number of carboxylic acid groups (broad SMARTS) is 1. The van der Waals surface area contributed by atoms with Crippen LogP contribution in [0.25, 0.3) is 22.3 Å². The molecular weight excluding hydrogens is 1010 g/mol. The van der Waals surface area contributed by atoms with Gasteiger partial charge in [0.1, 0.15) is 40.1 Å². The summed E-state index contributed by atoms with van der Waals surface area (Å²) in [5.74, 6) is -0.477. The average Bonchev–Trinajstić information content (AvgIpc) is 4.18. The average molecular weight is 1070 g/mol. The van der Waals surface area contributed by atoms with Crippen molar-refractivity contribution < 1.29 is 64.8 Å². The Kier molecular flexibility index (Phi) is 17.9. The van der Waals surface area contributed by atoms with Gasteiger partial charge in [0.25, 0.3) is 0 Å². The Bertz CT molecular complexity index is 2920. The zero-order valence-electron chi connectivity index (χ0n) is 40.7. The summed E-state index contributed by atoms with van der Waals surface area (Å²) in [4.78, 5) is 50.6. The zero-order valence-corrected chi connectivity index (χ0v) is 42.3. The first-order chi connectivity index (χ1) is 35.1. The smallest absolute Gasteiger partial charge is 0.426 e. The van der Waals surface area contributed by atoms with E-state index in [-0.39, 0.29) is 74.6 Å². The summed E-state index contributed by atoms with van der Waals surface area (Å²) in [7, 11) is 0. The van der Waals surface area contributed by atoms with E-state index in [1.807, 2.05) is 12.1 Å². The van der Waals surface area contributed by atoms with E-state index < -0.39 is 33.7 Å². The van der Waals surface area contributed by atoms with Crippen LogP contribution in [0.2, 0.25) is 0 Å². The molecule has 0 atom stereocenters. The molecule has 0 saturated heterocycles. The van der Waals surface area contributed by atoms with Gasteiger partial charge in [-0.15, -0.1) is 22.7 Å². The molecule has 8 rings (SSSR count). The topological polar surface area (TPSA) is 147 Å². The van der Waals surface area contributed by atoms with Crippen molar-refractivity contribution in [1.82, 2.24) is 10.6 Å². The third-order valence-electron chi connectivity index (χ3n) is 11.5. The maximum Gasteiger partial charge on any atom is 0.426 e. The van der Waals surface area contributed by atoms with Gasteiger partial charge in [-0.05, 0) is 104 Å². The standard InChI is InChI=1S/C29H31F3N2O4S.C25H23F3N2O4S/c1-28(2,3)38-26(36)17-33-13-11-25(35)34-14-12-20-15-21(9-10-24(20)34)37-18-22-16-23(19-7-5-4-6-8-19)27(39-22)29(30,31)32;26-25(27,28)24-20(16-4-2-1-3-5-16)13-19(35-24)15-34-18-6-7-21-17(12-18)9-11-30(21)22(31)8-10-29-14-23(32)33/h4-10,15-16,33H,11-14,17-18H2,1-3H3;1-7,12-13,29H,8-11,14-15H2,(H,32,33). The van der Waals surface area contributed by atoms with Crippen LogP contribution in [0, 0.1) is 0 Å². The summed E-state index contributed by atoms with van der Waals surface area (Å²) < 4.78 is 98.7. The molecule has 0 unspecified atom stereocenters. The summed E-state index contributed by atoms with van der Waals surface area (Å²) >= 11 is 1.36. The lowest BCUT2D eigenvalue weighted by Gasteiger charge is -2.20. The monoisotopic (exact) mass is 1060 g/mol. The highest BCUT2D eigenvalue weighted by atomic mass is 32.1. The van der Waals surface area contributed by atoms with Gasteiger partial charge < -0.3 is 39.8 Å². The molecule has 392 valence electrons. The lowest BCUT2D eigenvalue weighted by molar-refractivity contribution is -0.153. The first-order valence-electron chi connectivity index (χ1n) is 23.6. The van der Waals surface area contributed by atoms with Crippen molar-refractivity contribution in [3.63, 3.8) is 0 Å². The normalized spacial score (nSPS) is 13.2. The van der Waals surface area contributed by atoms with Crippen LogP contribution in [0.5, 0.6) is 11.5 Å². The number of thiophene rings is 2. The fourth-order valence-corrected chi connectivity index (χ4v) is 10.2. The van der Waals surface area contributed by atoms with Crippen LogP contribution < -0.4 is 29.9 Å². The Balaban J connectivity index is 0.000000217. The number of anilines is 2. The van der Waals surface area contributed by atoms with Gasteiger partial charge in [0.05, 0.1) is 13.1 Å². The number of carbonyl (C=O) groups excluding carboxylic acids is 3. The Hall–Kier alpha value is -6.74. The lowest BCUT2D eigenvalue weighted by atomic mass is 10.1. The number of ether oxygens (including phenoxy) is 3. The van der Waals surface area contributed by atoms with Crippen molar-refractivity contribution in [1.29, 1.82) is 0 Å². The molecule has 2 aliphatic rings. The number of nitrogens with one attached hydrogen (secondary N) is 2. The van der Waals surface area contributed by atoms with Crippen LogP contribution in [0.4, 0.5) is 37.7 Å². The van der Waals surface area contributed by atoms with Crippen molar-refractivity contribution in [2.75, 3.05) is 49.1 Å². The van der Waals surface area contributed by atoms with Gasteiger partial charge in [-0.1, -0.05) is 60.7 Å². The summed E-state index contributed by atoms with van der Waals surface area (Å²) in [6, 6.07) is 30.7. The van der Waals surface area contributed by atoms with E-state index in [1.54, 1.807) is 116 Å². The number of rotatable bonds is 18. The van der Waals surface area contributed by atoms with Crippen LogP contribution in [0.1, 0.15) is 64.2 Å². The van der Waals surface area contributed by atoms with Gasteiger partial charge in [-0.3, -0.25) is 19.2 Å². The molecule has 4 aromatic carbocycles. The van der Waals surface area contributed by atoms with Crippen molar-refractivity contribution in [3.8, 4) is 33.8 Å². The molecule has 0 spiro atoms. The number of carboxylic acids is 1. The maximum absolute atomic E-state index is 13.7. The number of nitrogens with zero attached hydrogens (tertiary/aromatic N) is 2. The highest BCUT2D eigenvalue weighted by molar-refractivity contribution is 7.13. The predicted molar refractivity (Wildman–Crippen MR) is 272 cm³/mol. The van der Waals surface area contributed by atoms with Crippen LogP contribution in [0.15, 0.2) is 109 Å². The number of carbonyl (C=O) groups is 4. The number of halogens is 6. The number of aliphatic carboxylic acids is 1. The van der Waals surface area contributed by atoms with Crippen LogP contribution in [-0.2, 0) is 62.3 Å². The number of esters is 1. The molecule has 2 aromatic heterocycles. The maximum atomic E-state index is 13.7. The number of fused-ring (bicyclic) bond motifs is 2. The fourth-order valence-electron chi connectivity index (χ4n) is 8.30. The van der Waals surface area contributed by atoms with Gasteiger partial charge in [0, 0.05) is 71.3 Å². The highest BCUT2D eigenvalue weighted by Crippen LogP contribution is 2.45. The number of benzene rings is 4. The van der Waals surface area contributed by atoms with Crippen molar-refractivity contribution in [2.45, 2.75) is 77.6 Å². The molecular formula is C54H54F6N4O8S2. The second-order valence-electron chi connectivity index (χ2n) is 18.2. The largest absolute Gasteiger partial charge is 0.488 e. The van der Waals surface area contributed by atoms with E-state index in [4.69, 9.17) is 19.3 Å². The van der Waals surface area contributed by atoms with Gasteiger partial charge in [-0.2, -0.15) is 26.3 Å². The van der Waals surface area contributed by atoms with E-state index >= 15 is 0 Å². The number of hydrogen-bond acceptors (Lipinski definition) is 11. The lowest BCUT2D eigenvalue weighted by Crippen LogP contribution is -2.35. The number of hydrogen-bond donors (Lipinski definition) is 3. The highest BCUT2D eigenvalue weighted by Gasteiger charge is 2.38. The summed E-state index contributed by atoms with van der Waals surface area (Å²) in [6.07, 6.45) is -7.22. The minimum atomic E-state index is -4.46. The summed E-state index contributed by atoms with van der Waals surface area (Å²) in [5, 5.41) is 14.3. The minimum absolute atomic E-state index is 0.00272. The third-order valence-corrected chi connectivity index (χ3v) is 13.8. The molecule has 20 heteroatoms. The van der Waals surface area contributed by atoms with Crippen molar-refractivity contribution >= 4 is 57.8 Å². The molecule has 0 aliphatic carbocycles. The Morgan fingerprint density at radius 3 is 1.41 bits per heavy atom. The fraction of sp³-hybridized carbons (Fsp3) is 0.333. The molecule has 4 heterocycles. The van der Waals surface area contributed by atoms with Crippen molar-refractivity contribution in [3.05, 3.63) is 140 Å². The summed E-state index contributed by atoms with van der Waals surface area (Å²) in [5.41, 5.74) is 4.16. The third kappa shape index (κ3) is 14.9. The SMILES string of the molecule is CC(C)(C)OC(=O)CNCCC(=O)N1CCc2cc(OCc3cc(-c4ccccc4)c(C(F)(F)F)s3)ccc21.O=C(O)CNCCC(=O)N1CCc2cc(OCc3cc(-c4ccccc4)c(C(F)(F)F)s3)ccc21. The second-order valence-corrected chi connectivity index (χ2v) is 20.5. The molecule has 2 amide bonds. The molecule has 6 aromatic rings. The Labute approximate surface area is 431 Å². The first-order valence-corrected chi connectivity index (χ1v) is 25.2. The van der Waals surface area contributed by atoms with Crippen LogP contribution >= 0.6 is 22.7 Å². The Morgan fingerprint density at radius 1 is 0.595 bits per heavy atom. The summed E-state index contributed by atoms with van der Waals surface area (Å²) in [6.45, 7) is 6.87. The molecule has 0 bridgehead atoms. The molecule has 74 heavy (non-hydrogen) atoms. The van der Waals surface area contributed by atoms with E-state index in [0.717, 1.165) is 22.5 Å². The van der Waals surface area contributed by atoms with E-state index in [0.29, 0.717) is 87.5 Å². The molecule has 2 aliphatic heterocycles. The molecule has 0 fully saturated rings. The molecule has 3 N–H and O–H groups in total. The van der Waals surface area contributed by atoms with Crippen molar-refractivity contribution in [2.24, 2.45) is 0 Å². The van der Waals surface area contributed by atoms with Gasteiger partial charge in [0.15, 0.2) is 0 Å². The van der Waals surface area contributed by atoms with Crippen LogP contribution in [-0.4, -0.2) is 73.7 Å². The van der Waals surface area contributed by atoms with E-state index in [1.165, 1.54) is 12.1 Å².